The summed E-state index contributed by atoms with van der Waals surface area (Å²) in [5, 5.41) is 7.53. The van der Waals surface area contributed by atoms with Crippen molar-refractivity contribution in [2.75, 3.05) is 20.2 Å². The monoisotopic (exact) mass is 251 g/mol. The minimum atomic E-state index is 0.104. The van der Waals surface area contributed by atoms with E-state index in [1.165, 1.54) is 0 Å². The van der Waals surface area contributed by atoms with Gasteiger partial charge in [0, 0.05) is 12.5 Å². The molecule has 0 atom stereocenters. The molecule has 5 heteroatoms. The van der Waals surface area contributed by atoms with Crippen molar-refractivity contribution in [3.63, 3.8) is 0 Å². The Morgan fingerprint density at radius 2 is 2.28 bits per heavy atom. The van der Waals surface area contributed by atoms with E-state index in [0.717, 1.165) is 38.9 Å². The second-order valence-corrected chi connectivity index (χ2v) is 4.67. The fourth-order valence-electron chi connectivity index (χ4n) is 2.43. The van der Waals surface area contributed by atoms with Gasteiger partial charge in [0.2, 0.25) is 0 Å². The minimum absolute atomic E-state index is 0.104. The maximum atomic E-state index is 12.6. The molecule has 1 saturated heterocycles. The van der Waals surface area contributed by atoms with Crippen LogP contribution >= 0.6 is 0 Å². The van der Waals surface area contributed by atoms with Gasteiger partial charge in [-0.2, -0.15) is 5.10 Å². The van der Waals surface area contributed by atoms with Crippen LogP contribution in [0.4, 0.5) is 0 Å². The van der Waals surface area contributed by atoms with Crippen molar-refractivity contribution in [2.45, 2.75) is 32.7 Å². The number of carbonyl (C=O) groups is 1. The lowest BCUT2D eigenvalue weighted by Gasteiger charge is -2.22. The van der Waals surface area contributed by atoms with E-state index in [9.17, 15) is 4.79 Å². The first kappa shape index (κ1) is 13.1. The molecule has 1 N–H and O–H groups in total. The van der Waals surface area contributed by atoms with Gasteiger partial charge in [0.25, 0.3) is 0 Å². The van der Waals surface area contributed by atoms with Crippen molar-refractivity contribution >= 4 is 5.78 Å². The van der Waals surface area contributed by atoms with E-state index in [1.54, 1.807) is 18.0 Å². The highest BCUT2D eigenvalue weighted by Gasteiger charge is 2.28. The number of ketones is 1. The fourth-order valence-corrected chi connectivity index (χ4v) is 2.43. The van der Waals surface area contributed by atoms with Crippen LogP contribution < -0.4 is 10.1 Å². The number of piperidine rings is 1. The summed E-state index contributed by atoms with van der Waals surface area (Å²) in [5.74, 6) is 0.888. The molecule has 1 aliphatic heterocycles. The molecule has 5 nitrogen and oxygen atoms in total. The molecule has 0 amide bonds. The van der Waals surface area contributed by atoms with Gasteiger partial charge < -0.3 is 10.1 Å². The van der Waals surface area contributed by atoms with Crippen LogP contribution in [0.25, 0.3) is 0 Å². The highest BCUT2D eigenvalue weighted by Crippen LogP contribution is 2.25. The Hall–Kier alpha value is -1.36. The molecule has 1 aromatic rings. The molecule has 0 bridgehead atoms. The fraction of sp³-hybridized carbons (Fsp3) is 0.692. The quantitative estimate of drug-likeness (QED) is 0.805. The van der Waals surface area contributed by atoms with Crippen molar-refractivity contribution < 1.29 is 9.53 Å². The van der Waals surface area contributed by atoms with E-state index in [0.29, 0.717) is 11.4 Å². The Balaban J connectivity index is 2.23. The zero-order valence-corrected chi connectivity index (χ0v) is 11.1. The van der Waals surface area contributed by atoms with Crippen LogP contribution in [0.5, 0.6) is 5.75 Å². The molecule has 0 saturated carbocycles. The first-order chi connectivity index (χ1) is 8.77. The maximum Gasteiger partial charge on any atom is 0.187 e. The molecule has 0 spiro atoms. The molecule has 2 rings (SSSR count). The van der Waals surface area contributed by atoms with E-state index >= 15 is 0 Å². The summed E-state index contributed by atoms with van der Waals surface area (Å²) in [6.45, 7) is 4.67. The molecule has 18 heavy (non-hydrogen) atoms. The van der Waals surface area contributed by atoms with E-state index in [4.69, 9.17) is 4.74 Å². The summed E-state index contributed by atoms with van der Waals surface area (Å²) in [6.07, 6.45) is 4.40. The van der Waals surface area contributed by atoms with Gasteiger partial charge >= 0.3 is 0 Å². The Kier molecular flexibility index (Phi) is 4.36. The summed E-state index contributed by atoms with van der Waals surface area (Å²) < 4.78 is 7.05. The van der Waals surface area contributed by atoms with Crippen LogP contribution in [-0.2, 0) is 6.54 Å². The lowest BCUT2D eigenvalue weighted by molar-refractivity contribution is 0.0880. The van der Waals surface area contributed by atoms with Crippen LogP contribution in [0.1, 0.15) is 36.7 Å². The summed E-state index contributed by atoms with van der Waals surface area (Å²) in [6, 6.07) is 0. The molecule has 0 aliphatic carbocycles. The van der Waals surface area contributed by atoms with Gasteiger partial charge in [-0.3, -0.25) is 9.48 Å². The third kappa shape index (κ3) is 2.56. The van der Waals surface area contributed by atoms with Gasteiger partial charge in [0.15, 0.2) is 11.5 Å². The summed E-state index contributed by atoms with van der Waals surface area (Å²) in [4.78, 5) is 12.6. The van der Waals surface area contributed by atoms with Crippen LogP contribution in [-0.4, -0.2) is 35.8 Å². The van der Waals surface area contributed by atoms with Crippen molar-refractivity contribution in [3.8, 4) is 5.75 Å². The number of rotatable bonds is 5. The van der Waals surface area contributed by atoms with Gasteiger partial charge in [-0.1, -0.05) is 6.92 Å². The molecule has 0 aromatic carbocycles. The zero-order chi connectivity index (χ0) is 13.0. The predicted molar refractivity (Wildman–Crippen MR) is 69.0 cm³/mol. The summed E-state index contributed by atoms with van der Waals surface area (Å²) in [5.41, 5.74) is 0.645. The van der Waals surface area contributed by atoms with Crippen molar-refractivity contribution in [1.29, 1.82) is 0 Å². The third-order valence-corrected chi connectivity index (χ3v) is 3.40. The highest BCUT2D eigenvalue weighted by molar-refractivity contribution is 5.98. The smallest absolute Gasteiger partial charge is 0.187 e. The topological polar surface area (TPSA) is 56.2 Å². The molecule has 100 valence electrons. The molecule has 1 aromatic heterocycles. The maximum absolute atomic E-state index is 12.6. The average molecular weight is 251 g/mol. The number of aromatic nitrogens is 2. The number of methoxy groups -OCH3 is 1. The van der Waals surface area contributed by atoms with Gasteiger partial charge in [-0.05, 0) is 32.4 Å². The van der Waals surface area contributed by atoms with E-state index in [2.05, 4.69) is 17.3 Å². The minimum Gasteiger partial charge on any atom is -0.493 e. The number of aryl methyl sites for hydroxylation is 1. The Morgan fingerprint density at radius 1 is 1.56 bits per heavy atom. The Labute approximate surface area is 108 Å². The van der Waals surface area contributed by atoms with Gasteiger partial charge in [0.1, 0.15) is 5.69 Å². The number of hydrogen-bond acceptors (Lipinski definition) is 4. The van der Waals surface area contributed by atoms with Crippen molar-refractivity contribution in [1.82, 2.24) is 15.1 Å². The van der Waals surface area contributed by atoms with E-state index < -0.39 is 0 Å². The molecule has 0 unspecified atom stereocenters. The molecule has 1 fully saturated rings. The molecule has 1 aliphatic rings. The predicted octanol–water partition coefficient (Wildman–Crippen LogP) is 1.48. The molecule has 0 radical (unpaired) electrons. The van der Waals surface area contributed by atoms with Crippen molar-refractivity contribution in [3.05, 3.63) is 11.9 Å². The lowest BCUT2D eigenvalue weighted by Crippen LogP contribution is -2.32. The van der Waals surface area contributed by atoms with Crippen LogP contribution in [0.3, 0.4) is 0 Å². The van der Waals surface area contributed by atoms with Crippen molar-refractivity contribution in [2.24, 2.45) is 5.92 Å². The normalized spacial score (nSPS) is 16.8. The largest absolute Gasteiger partial charge is 0.493 e. The van der Waals surface area contributed by atoms with E-state index in [1.807, 2.05) is 0 Å². The number of Topliss-reactive ketones (excluding diaryl/α,β-unsaturated/α-hetero) is 1. The van der Waals surface area contributed by atoms with Gasteiger partial charge in [0.05, 0.1) is 13.3 Å². The standard InChI is InChI=1S/C13H21N3O2/c1-3-8-16-12(11(18-2)9-15-16)13(17)10-4-6-14-7-5-10/h9-10,14H,3-8H2,1-2H3. The first-order valence-electron chi connectivity index (χ1n) is 6.62. The Bertz CT molecular complexity index is 408. The highest BCUT2D eigenvalue weighted by atomic mass is 16.5. The number of ether oxygens (including phenoxy) is 1. The third-order valence-electron chi connectivity index (χ3n) is 3.40. The number of hydrogen-bond donors (Lipinski definition) is 1. The first-order valence-corrected chi connectivity index (χ1v) is 6.62. The zero-order valence-electron chi connectivity index (χ0n) is 11.1. The van der Waals surface area contributed by atoms with Gasteiger partial charge in [-0.25, -0.2) is 0 Å². The molecular weight excluding hydrogens is 230 g/mol. The van der Waals surface area contributed by atoms with E-state index in [-0.39, 0.29) is 11.7 Å². The number of nitrogens with one attached hydrogen (secondary N) is 1. The van der Waals surface area contributed by atoms with Crippen LogP contribution in [0.2, 0.25) is 0 Å². The molecular formula is C13H21N3O2. The second-order valence-electron chi connectivity index (χ2n) is 4.67. The second kappa shape index (κ2) is 6.00. The molecule has 2 heterocycles. The van der Waals surface area contributed by atoms with Gasteiger partial charge in [-0.15, -0.1) is 0 Å². The number of nitrogens with zero attached hydrogens (tertiary/aromatic N) is 2. The lowest BCUT2D eigenvalue weighted by atomic mass is 9.91. The number of carbonyl (C=O) groups excluding carboxylic acids is 1. The average Bonchev–Trinajstić information content (AvgIpc) is 2.82. The SMILES string of the molecule is CCCn1ncc(OC)c1C(=O)C1CCNCC1. The Morgan fingerprint density at radius 3 is 2.89 bits per heavy atom. The van der Waals surface area contributed by atoms with Crippen LogP contribution in [0, 0.1) is 5.92 Å². The summed E-state index contributed by atoms with van der Waals surface area (Å²) in [7, 11) is 1.59. The van der Waals surface area contributed by atoms with Crippen LogP contribution in [0.15, 0.2) is 6.20 Å². The summed E-state index contributed by atoms with van der Waals surface area (Å²) >= 11 is 0.